The van der Waals surface area contributed by atoms with Crippen LogP contribution in [0.25, 0.3) is 0 Å². The fraction of sp³-hybridized carbons (Fsp3) is 0.158. The van der Waals surface area contributed by atoms with Crippen molar-refractivity contribution in [2.45, 2.75) is 19.5 Å². The quantitative estimate of drug-likeness (QED) is 0.785. The van der Waals surface area contributed by atoms with E-state index in [1.54, 1.807) is 17.1 Å². The summed E-state index contributed by atoms with van der Waals surface area (Å²) in [4.78, 5) is 12.3. The zero-order valence-corrected chi connectivity index (χ0v) is 13.0. The first-order valence-corrected chi connectivity index (χ1v) is 7.64. The van der Waals surface area contributed by atoms with Gasteiger partial charge in [0, 0.05) is 6.20 Å². The van der Waals surface area contributed by atoms with Crippen LogP contribution in [0.2, 0.25) is 0 Å². The van der Waals surface area contributed by atoms with Crippen LogP contribution >= 0.6 is 0 Å². The molecule has 3 rings (SSSR count). The van der Waals surface area contributed by atoms with Crippen molar-refractivity contribution in [3.8, 4) is 0 Å². The fourth-order valence-corrected chi connectivity index (χ4v) is 2.44. The predicted octanol–water partition coefficient (Wildman–Crippen LogP) is 3.42. The average Bonchev–Trinajstić information content (AvgIpc) is 3.05. The van der Waals surface area contributed by atoms with E-state index in [-0.39, 0.29) is 11.9 Å². The number of carbonyl (C=O) groups excluding carboxylic acids is 1. The lowest BCUT2D eigenvalue weighted by molar-refractivity contribution is 0.0940. The summed E-state index contributed by atoms with van der Waals surface area (Å²) in [5.74, 6) is -0.110. The number of hydrogen-bond acceptors (Lipinski definition) is 2. The summed E-state index contributed by atoms with van der Waals surface area (Å²) in [7, 11) is 0. The van der Waals surface area contributed by atoms with Gasteiger partial charge in [0.2, 0.25) is 0 Å². The van der Waals surface area contributed by atoms with E-state index in [1.807, 2.05) is 67.6 Å². The molecule has 0 saturated carbocycles. The molecule has 3 aromatic rings. The summed E-state index contributed by atoms with van der Waals surface area (Å²) in [5.41, 5.74) is 2.81. The summed E-state index contributed by atoms with van der Waals surface area (Å²) in [6.07, 6.45) is 3.38. The van der Waals surface area contributed by atoms with Crippen LogP contribution in [0.1, 0.15) is 34.5 Å². The summed E-state index contributed by atoms with van der Waals surface area (Å²) in [6, 6.07) is 19.9. The van der Waals surface area contributed by atoms with Gasteiger partial charge in [-0.2, -0.15) is 5.10 Å². The molecular weight excluding hydrogens is 286 g/mol. The Morgan fingerprint density at radius 1 is 1.09 bits per heavy atom. The molecule has 0 aliphatic rings. The van der Waals surface area contributed by atoms with Crippen LogP contribution in [-0.2, 0) is 6.54 Å². The summed E-state index contributed by atoms with van der Waals surface area (Å²) in [5, 5.41) is 7.27. The van der Waals surface area contributed by atoms with Gasteiger partial charge < -0.3 is 5.32 Å². The second-order valence-corrected chi connectivity index (χ2v) is 5.52. The number of nitrogens with one attached hydrogen (secondary N) is 1. The molecule has 0 fully saturated rings. The molecule has 1 aromatic heterocycles. The fourth-order valence-electron chi connectivity index (χ4n) is 2.44. The normalized spacial score (nSPS) is 11.9. The Bertz CT molecular complexity index is 766. The van der Waals surface area contributed by atoms with Crippen molar-refractivity contribution in [3.05, 3.63) is 89.7 Å². The Hall–Kier alpha value is -2.88. The zero-order chi connectivity index (χ0) is 16.1. The number of carbonyl (C=O) groups is 1. The highest BCUT2D eigenvalue weighted by molar-refractivity contribution is 5.93. The van der Waals surface area contributed by atoms with Gasteiger partial charge in [0.25, 0.3) is 5.91 Å². The van der Waals surface area contributed by atoms with Crippen molar-refractivity contribution in [2.24, 2.45) is 0 Å². The molecule has 23 heavy (non-hydrogen) atoms. The number of benzene rings is 2. The third-order valence-electron chi connectivity index (χ3n) is 3.73. The van der Waals surface area contributed by atoms with Crippen molar-refractivity contribution in [3.63, 3.8) is 0 Å². The van der Waals surface area contributed by atoms with E-state index in [4.69, 9.17) is 0 Å². The number of hydrogen-bond donors (Lipinski definition) is 1. The van der Waals surface area contributed by atoms with Crippen LogP contribution in [0.15, 0.2) is 73.1 Å². The molecule has 116 valence electrons. The zero-order valence-electron chi connectivity index (χ0n) is 13.0. The molecule has 0 unspecified atom stereocenters. The lowest BCUT2D eigenvalue weighted by Gasteiger charge is -2.13. The van der Waals surface area contributed by atoms with Crippen molar-refractivity contribution in [1.82, 2.24) is 15.1 Å². The van der Waals surface area contributed by atoms with Gasteiger partial charge >= 0.3 is 0 Å². The second kappa shape index (κ2) is 6.92. The first-order chi connectivity index (χ1) is 11.2. The largest absolute Gasteiger partial charge is 0.345 e. The molecule has 4 heteroatoms. The SMILES string of the molecule is C[C@@H](NC(=O)c1cnn(Cc2ccccc2)c1)c1ccccc1. The maximum atomic E-state index is 12.3. The van der Waals surface area contributed by atoms with Crippen molar-refractivity contribution in [2.75, 3.05) is 0 Å². The molecule has 1 N–H and O–H groups in total. The van der Waals surface area contributed by atoms with E-state index >= 15 is 0 Å². The van der Waals surface area contributed by atoms with Crippen molar-refractivity contribution in [1.29, 1.82) is 0 Å². The van der Waals surface area contributed by atoms with Crippen LogP contribution in [0.4, 0.5) is 0 Å². The van der Waals surface area contributed by atoms with Gasteiger partial charge in [0.1, 0.15) is 0 Å². The smallest absolute Gasteiger partial charge is 0.254 e. The maximum absolute atomic E-state index is 12.3. The minimum Gasteiger partial charge on any atom is -0.345 e. The highest BCUT2D eigenvalue weighted by atomic mass is 16.1. The predicted molar refractivity (Wildman–Crippen MR) is 90.1 cm³/mol. The molecule has 0 aliphatic heterocycles. The van der Waals surface area contributed by atoms with Crippen LogP contribution in [0.3, 0.4) is 0 Å². The van der Waals surface area contributed by atoms with Gasteiger partial charge in [0.15, 0.2) is 0 Å². The van der Waals surface area contributed by atoms with Crippen molar-refractivity contribution >= 4 is 5.91 Å². The lowest BCUT2D eigenvalue weighted by atomic mass is 10.1. The van der Waals surface area contributed by atoms with E-state index in [9.17, 15) is 4.79 Å². The van der Waals surface area contributed by atoms with Gasteiger partial charge in [-0.15, -0.1) is 0 Å². The molecule has 0 saturated heterocycles. The van der Waals surface area contributed by atoms with Crippen LogP contribution in [0.5, 0.6) is 0 Å². The van der Waals surface area contributed by atoms with Crippen LogP contribution in [0, 0.1) is 0 Å². The Morgan fingerprint density at radius 3 is 2.43 bits per heavy atom. The van der Waals surface area contributed by atoms with Gasteiger partial charge in [-0.05, 0) is 18.1 Å². The van der Waals surface area contributed by atoms with E-state index in [2.05, 4.69) is 10.4 Å². The van der Waals surface area contributed by atoms with E-state index in [0.717, 1.165) is 11.1 Å². The van der Waals surface area contributed by atoms with E-state index in [1.165, 1.54) is 0 Å². The van der Waals surface area contributed by atoms with Crippen LogP contribution < -0.4 is 5.32 Å². The Labute approximate surface area is 135 Å². The van der Waals surface area contributed by atoms with E-state index in [0.29, 0.717) is 12.1 Å². The third-order valence-corrected chi connectivity index (χ3v) is 3.73. The number of amides is 1. The maximum Gasteiger partial charge on any atom is 0.254 e. The van der Waals surface area contributed by atoms with Crippen molar-refractivity contribution < 1.29 is 4.79 Å². The van der Waals surface area contributed by atoms with Gasteiger partial charge in [-0.1, -0.05) is 60.7 Å². The highest BCUT2D eigenvalue weighted by Crippen LogP contribution is 2.12. The Balaban J connectivity index is 1.64. The Morgan fingerprint density at radius 2 is 1.74 bits per heavy atom. The topological polar surface area (TPSA) is 46.9 Å². The first kappa shape index (κ1) is 15.0. The molecular formula is C19H19N3O. The monoisotopic (exact) mass is 305 g/mol. The molecule has 1 amide bonds. The highest BCUT2D eigenvalue weighted by Gasteiger charge is 2.13. The molecule has 1 heterocycles. The lowest BCUT2D eigenvalue weighted by Crippen LogP contribution is -2.26. The second-order valence-electron chi connectivity index (χ2n) is 5.52. The number of nitrogens with zero attached hydrogens (tertiary/aromatic N) is 2. The standard InChI is InChI=1S/C19H19N3O/c1-15(17-10-6-3-7-11-17)21-19(23)18-12-20-22(14-18)13-16-8-4-2-5-9-16/h2-12,14-15H,13H2,1H3,(H,21,23)/t15-/m1/s1. The van der Waals surface area contributed by atoms with Gasteiger partial charge in [0.05, 0.1) is 24.3 Å². The number of rotatable bonds is 5. The number of aromatic nitrogens is 2. The summed E-state index contributed by atoms with van der Waals surface area (Å²) in [6.45, 7) is 2.63. The minimum atomic E-state index is -0.110. The molecule has 4 nitrogen and oxygen atoms in total. The minimum absolute atomic E-state index is 0.0406. The molecule has 0 radical (unpaired) electrons. The summed E-state index contributed by atoms with van der Waals surface area (Å²) >= 11 is 0. The Kier molecular flexibility index (Phi) is 4.52. The summed E-state index contributed by atoms with van der Waals surface area (Å²) < 4.78 is 1.78. The van der Waals surface area contributed by atoms with Gasteiger partial charge in [-0.25, -0.2) is 0 Å². The van der Waals surface area contributed by atoms with E-state index < -0.39 is 0 Å². The van der Waals surface area contributed by atoms with Gasteiger partial charge in [-0.3, -0.25) is 9.48 Å². The molecule has 0 bridgehead atoms. The first-order valence-electron chi connectivity index (χ1n) is 7.64. The molecule has 0 aliphatic carbocycles. The third kappa shape index (κ3) is 3.86. The van der Waals surface area contributed by atoms with Crippen LogP contribution in [-0.4, -0.2) is 15.7 Å². The molecule has 0 spiro atoms. The molecule has 2 aromatic carbocycles. The average molecular weight is 305 g/mol. The molecule has 1 atom stereocenters.